The number of rotatable bonds is 0. The number of hydrogen-bond donors (Lipinski definition) is 0. The molecule has 1 spiro atoms. The van der Waals surface area contributed by atoms with Crippen LogP contribution in [0.15, 0.2) is 11.6 Å². The van der Waals surface area contributed by atoms with Crippen molar-refractivity contribution in [2.75, 3.05) is 0 Å². The van der Waals surface area contributed by atoms with Gasteiger partial charge in [0, 0.05) is 12.0 Å². The summed E-state index contributed by atoms with van der Waals surface area (Å²) in [5.41, 5.74) is 0.788. The molecule has 0 amide bonds. The van der Waals surface area contributed by atoms with Crippen LogP contribution < -0.4 is 0 Å². The number of carbonyl (C=O) groups is 1. The summed E-state index contributed by atoms with van der Waals surface area (Å²) in [5, 5.41) is 0. The monoisotopic (exact) mass is 166 g/mol. The van der Waals surface area contributed by atoms with Gasteiger partial charge >= 0.3 is 5.97 Å². The number of esters is 1. The Morgan fingerprint density at radius 2 is 2.08 bits per heavy atom. The molecule has 1 saturated carbocycles. The first kappa shape index (κ1) is 7.84. The van der Waals surface area contributed by atoms with Gasteiger partial charge in [0.05, 0.1) is 0 Å². The third-order valence-corrected chi connectivity index (χ3v) is 2.95. The van der Waals surface area contributed by atoms with Crippen molar-refractivity contribution in [1.82, 2.24) is 0 Å². The van der Waals surface area contributed by atoms with Gasteiger partial charge in [-0.05, 0) is 32.6 Å². The second kappa shape index (κ2) is 2.61. The van der Waals surface area contributed by atoms with Crippen LogP contribution in [0.4, 0.5) is 0 Å². The lowest BCUT2D eigenvalue weighted by Crippen LogP contribution is -2.23. The highest BCUT2D eigenvalue weighted by Crippen LogP contribution is 2.43. The molecule has 1 heterocycles. The van der Waals surface area contributed by atoms with E-state index in [4.69, 9.17) is 4.74 Å². The maximum Gasteiger partial charge on any atom is 0.334 e. The van der Waals surface area contributed by atoms with Gasteiger partial charge in [-0.1, -0.05) is 6.08 Å². The van der Waals surface area contributed by atoms with Crippen molar-refractivity contribution in [2.24, 2.45) is 0 Å². The molecule has 2 rings (SSSR count). The van der Waals surface area contributed by atoms with Gasteiger partial charge in [0.1, 0.15) is 5.60 Å². The topological polar surface area (TPSA) is 26.3 Å². The molecular formula is C10H14O2. The maximum atomic E-state index is 11.3. The summed E-state index contributed by atoms with van der Waals surface area (Å²) < 4.78 is 5.41. The molecule has 0 aromatic heterocycles. The SMILES string of the molecule is C/C=C1\CC2(CCCC2)OC1=O. The molecule has 0 atom stereocenters. The van der Waals surface area contributed by atoms with Gasteiger partial charge in [0.15, 0.2) is 0 Å². The largest absolute Gasteiger partial charge is 0.455 e. The molecule has 12 heavy (non-hydrogen) atoms. The third-order valence-electron chi connectivity index (χ3n) is 2.95. The van der Waals surface area contributed by atoms with Gasteiger partial charge < -0.3 is 4.74 Å². The molecule has 0 radical (unpaired) electrons. The summed E-state index contributed by atoms with van der Waals surface area (Å²) >= 11 is 0. The van der Waals surface area contributed by atoms with Crippen LogP contribution >= 0.6 is 0 Å². The van der Waals surface area contributed by atoms with E-state index in [1.807, 2.05) is 13.0 Å². The van der Waals surface area contributed by atoms with E-state index >= 15 is 0 Å². The highest BCUT2D eigenvalue weighted by Gasteiger charge is 2.44. The van der Waals surface area contributed by atoms with E-state index < -0.39 is 0 Å². The van der Waals surface area contributed by atoms with Crippen molar-refractivity contribution < 1.29 is 9.53 Å². The molecule has 2 fully saturated rings. The molecule has 2 aliphatic rings. The summed E-state index contributed by atoms with van der Waals surface area (Å²) in [5.74, 6) is -0.0839. The van der Waals surface area contributed by atoms with Crippen LogP contribution in [-0.2, 0) is 9.53 Å². The van der Waals surface area contributed by atoms with Gasteiger partial charge in [-0.15, -0.1) is 0 Å². The standard InChI is InChI=1S/C10H14O2/c1-2-8-7-10(12-9(8)11)5-3-4-6-10/h2H,3-7H2,1H3/b8-2+. The quantitative estimate of drug-likeness (QED) is 0.407. The Morgan fingerprint density at radius 1 is 1.42 bits per heavy atom. The number of ether oxygens (including phenoxy) is 1. The van der Waals surface area contributed by atoms with Crippen LogP contribution in [0.2, 0.25) is 0 Å². The van der Waals surface area contributed by atoms with E-state index in [-0.39, 0.29) is 11.6 Å². The Bertz CT molecular complexity index is 234. The van der Waals surface area contributed by atoms with E-state index in [0.29, 0.717) is 0 Å². The van der Waals surface area contributed by atoms with Gasteiger partial charge in [-0.2, -0.15) is 0 Å². The minimum Gasteiger partial charge on any atom is -0.455 e. The smallest absolute Gasteiger partial charge is 0.334 e. The van der Waals surface area contributed by atoms with E-state index in [2.05, 4.69) is 0 Å². The van der Waals surface area contributed by atoms with Crippen LogP contribution in [-0.4, -0.2) is 11.6 Å². The maximum absolute atomic E-state index is 11.3. The minimum atomic E-state index is -0.0844. The molecule has 0 aromatic carbocycles. The van der Waals surface area contributed by atoms with Crippen molar-refractivity contribution in [3.8, 4) is 0 Å². The van der Waals surface area contributed by atoms with E-state index in [9.17, 15) is 4.79 Å². The molecule has 1 aliphatic heterocycles. The molecule has 0 unspecified atom stereocenters. The van der Waals surface area contributed by atoms with E-state index in [1.54, 1.807) is 0 Å². The average Bonchev–Trinajstić information content (AvgIpc) is 2.60. The van der Waals surface area contributed by atoms with Crippen molar-refractivity contribution >= 4 is 5.97 Å². The van der Waals surface area contributed by atoms with Crippen LogP contribution in [0.3, 0.4) is 0 Å². The number of hydrogen-bond acceptors (Lipinski definition) is 2. The Kier molecular flexibility index (Phi) is 1.71. The van der Waals surface area contributed by atoms with Gasteiger partial charge in [-0.3, -0.25) is 0 Å². The molecule has 2 nitrogen and oxygen atoms in total. The molecule has 0 aromatic rings. The number of carbonyl (C=O) groups excluding carboxylic acids is 1. The van der Waals surface area contributed by atoms with Crippen molar-refractivity contribution in [3.63, 3.8) is 0 Å². The van der Waals surface area contributed by atoms with Crippen molar-refractivity contribution in [2.45, 2.75) is 44.6 Å². The fourth-order valence-corrected chi connectivity index (χ4v) is 2.24. The zero-order chi connectivity index (χ0) is 8.60. The normalized spacial score (nSPS) is 30.1. The Labute approximate surface area is 72.6 Å². The van der Waals surface area contributed by atoms with Gasteiger partial charge in [0.25, 0.3) is 0 Å². The van der Waals surface area contributed by atoms with Crippen molar-refractivity contribution in [3.05, 3.63) is 11.6 Å². The first-order valence-electron chi connectivity index (χ1n) is 4.64. The predicted octanol–water partition coefficient (Wildman–Crippen LogP) is 2.19. The predicted molar refractivity (Wildman–Crippen MR) is 45.7 cm³/mol. The fourth-order valence-electron chi connectivity index (χ4n) is 2.24. The van der Waals surface area contributed by atoms with E-state index in [0.717, 1.165) is 24.8 Å². The molecule has 66 valence electrons. The third kappa shape index (κ3) is 1.06. The first-order valence-corrected chi connectivity index (χ1v) is 4.64. The van der Waals surface area contributed by atoms with Crippen LogP contribution in [0.1, 0.15) is 39.0 Å². The van der Waals surface area contributed by atoms with Gasteiger partial charge in [0.2, 0.25) is 0 Å². The first-order chi connectivity index (χ1) is 5.76. The Hall–Kier alpha value is -0.790. The lowest BCUT2D eigenvalue weighted by atomic mass is 9.96. The summed E-state index contributed by atoms with van der Waals surface area (Å²) in [6.45, 7) is 1.91. The molecular weight excluding hydrogens is 152 g/mol. The minimum absolute atomic E-state index is 0.0839. The zero-order valence-electron chi connectivity index (χ0n) is 7.43. The summed E-state index contributed by atoms with van der Waals surface area (Å²) in [4.78, 5) is 11.3. The zero-order valence-corrected chi connectivity index (χ0v) is 7.43. The van der Waals surface area contributed by atoms with Crippen molar-refractivity contribution in [1.29, 1.82) is 0 Å². The second-order valence-corrected chi connectivity index (χ2v) is 3.77. The fraction of sp³-hybridized carbons (Fsp3) is 0.700. The molecule has 0 bridgehead atoms. The van der Waals surface area contributed by atoms with Gasteiger partial charge in [-0.25, -0.2) is 4.79 Å². The van der Waals surface area contributed by atoms with E-state index in [1.165, 1.54) is 12.8 Å². The lowest BCUT2D eigenvalue weighted by Gasteiger charge is -2.19. The summed E-state index contributed by atoms with van der Waals surface area (Å²) in [6.07, 6.45) is 7.29. The Morgan fingerprint density at radius 3 is 2.58 bits per heavy atom. The summed E-state index contributed by atoms with van der Waals surface area (Å²) in [7, 11) is 0. The van der Waals surface area contributed by atoms with Crippen LogP contribution in [0, 0.1) is 0 Å². The number of allylic oxidation sites excluding steroid dienone is 1. The molecule has 2 heteroatoms. The Balaban J connectivity index is 2.19. The highest BCUT2D eigenvalue weighted by atomic mass is 16.6. The lowest BCUT2D eigenvalue weighted by molar-refractivity contribution is -0.145. The van der Waals surface area contributed by atoms with Crippen LogP contribution in [0.25, 0.3) is 0 Å². The average molecular weight is 166 g/mol. The second-order valence-electron chi connectivity index (χ2n) is 3.77. The highest BCUT2D eigenvalue weighted by molar-refractivity contribution is 5.91. The molecule has 1 saturated heterocycles. The molecule has 0 N–H and O–H groups in total. The summed E-state index contributed by atoms with van der Waals surface area (Å²) in [6, 6.07) is 0. The van der Waals surface area contributed by atoms with Crippen LogP contribution in [0.5, 0.6) is 0 Å². The molecule has 1 aliphatic carbocycles.